The van der Waals surface area contributed by atoms with Crippen molar-refractivity contribution in [2.45, 2.75) is 33.2 Å². The highest BCUT2D eigenvalue weighted by Crippen LogP contribution is 2.17. The van der Waals surface area contributed by atoms with Crippen LogP contribution in [-0.4, -0.2) is 44.3 Å². The van der Waals surface area contributed by atoms with E-state index in [1.165, 1.54) is 11.1 Å². The summed E-state index contributed by atoms with van der Waals surface area (Å²) in [6, 6.07) is 9.59. The molecule has 0 radical (unpaired) electrons. The second-order valence-electron chi connectivity index (χ2n) is 6.36. The van der Waals surface area contributed by atoms with Crippen molar-refractivity contribution < 1.29 is 4.74 Å². The van der Waals surface area contributed by atoms with Gasteiger partial charge in [-0.2, -0.15) is 0 Å². The maximum absolute atomic E-state index is 5.44. The Hall–Kier alpha value is -0.900. The van der Waals surface area contributed by atoms with Gasteiger partial charge in [-0.1, -0.05) is 45.0 Å². The first-order chi connectivity index (χ1) is 10.2. The lowest BCUT2D eigenvalue weighted by atomic mass is 9.99. The van der Waals surface area contributed by atoms with Crippen molar-refractivity contribution in [3.05, 3.63) is 35.4 Å². The summed E-state index contributed by atoms with van der Waals surface area (Å²) >= 11 is 0. The lowest BCUT2D eigenvalue weighted by Crippen LogP contribution is -2.41. The van der Waals surface area contributed by atoms with Crippen LogP contribution in [0.1, 0.15) is 37.9 Å². The highest BCUT2D eigenvalue weighted by molar-refractivity contribution is 5.25. The van der Waals surface area contributed by atoms with Gasteiger partial charge >= 0.3 is 0 Å². The second-order valence-corrected chi connectivity index (χ2v) is 6.36. The van der Waals surface area contributed by atoms with Crippen LogP contribution < -0.4 is 5.32 Å². The zero-order valence-electron chi connectivity index (χ0n) is 13.8. The summed E-state index contributed by atoms with van der Waals surface area (Å²) in [6.45, 7) is 12.6. The van der Waals surface area contributed by atoms with E-state index in [1.807, 2.05) is 0 Å². The molecule has 0 saturated carbocycles. The van der Waals surface area contributed by atoms with Gasteiger partial charge in [-0.3, -0.25) is 4.90 Å². The molecule has 0 amide bonds. The summed E-state index contributed by atoms with van der Waals surface area (Å²) in [6.07, 6.45) is 1.16. The Balaban J connectivity index is 1.99. The fourth-order valence-electron chi connectivity index (χ4n) is 2.93. The summed E-state index contributed by atoms with van der Waals surface area (Å²) in [5, 5.41) is 3.62. The number of morpholine rings is 1. The van der Waals surface area contributed by atoms with Crippen molar-refractivity contribution in [1.82, 2.24) is 10.2 Å². The average Bonchev–Trinajstić information content (AvgIpc) is 2.48. The Morgan fingerprint density at radius 1 is 1.14 bits per heavy atom. The van der Waals surface area contributed by atoms with Gasteiger partial charge in [-0.15, -0.1) is 0 Å². The normalized spacial score (nSPS) is 18.1. The van der Waals surface area contributed by atoms with Gasteiger partial charge in [0.15, 0.2) is 0 Å². The minimum absolute atomic E-state index is 0.418. The van der Waals surface area contributed by atoms with Crippen molar-refractivity contribution in [2.24, 2.45) is 5.92 Å². The minimum atomic E-state index is 0.418. The molecule has 118 valence electrons. The van der Waals surface area contributed by atoms with E-state index in [-0.39, 0.29) is 0 Å². The molecule has 0 aliphatic carbocycles. The van der Waals surface area contributed by atoms with Gasteiger partial charge in [0, 0.05) is 25.7 Å². The number of ether oxygens (including phenoxy) is 1. The lowest BCUT2D eigenvalue weighted by molar-refractivity contribution is 0.0335. The molecule has 0 bridgehead atoms. The number of hydrogen-bond donors (Lipinski definition) is 1. The van der Waals surface area contributed by atoms with E-state index < -0.39 is 0 Å². The highest BCUT2D eigenvalue weighted by Gasteiger charge is 2.17. The van der Waals surface area contributed by atoms with Crippen molar-refractivity contribution in [1.29, 1.82) is 0 Å². The SMILES string of the molecule is CCNC(CN1CCOCC1)c1ccc(CC(C)C)cc1. The van der Waals surface area contributed by atoms with Crippen LogP contribution in [0, 0.1) is 5.92 Å². The molecule has 3 heteroatoms. The van der Waals surface area contributed by atoms with E-state index in [9.17, 15) is 0 Å². The van der Waals surface area contributed by atoms with E-state index in [0.717, 1.165) is 45.8 Å². The van der Waals surface area contributed by atoms with Crippen molar-refractivity contribution in [3.63, 3.8) is 0 Å². The quantitative estimate of drug-likeness (QED) is 0.835. The van der Waals surface area contributed by atoms with Gasteiger partial charge in [0.1, 0.15) is 0 Å². The van der Waals surface area contributed by atoms with Crippen molar-refractivity contribution in [2.75, 3.05) is 39.4 Å². The van der Waals surface area contributed by atoms with Gasteiger partial charge in [0.25, 0.3) is 0 Å². The van der Waals surface area contributed by atoms with Crippen LogP contribution in [0.25, 0.3) is 0 Å². The van der Waals surface area contributed by atoms with Crippen LogP contribution in [0.4, 0.5) is 0 Å². The predicted octanol–water partition coefficient (Wildman–Crippen LogP) is 2.87. The van der Waals surface area contributed by atoms with Crippen LogP contribution in [0.2, 0.25) is 0 Å². The third-order valence-corrected chi connectivity index (χ3v) is 4.02. The van der Waals surface area contributed by atoms with Gasteiger partial charge < -0.3 is 10.1 Å². The van der Waals surface area contributed by atoms with Crippen molar-refractivity contribution >= 4 is 0 Å². The van der Waals surface area contributed by atoms with Gasteiger partial charge in [-0.25, -0.2) is 0 Å². The van der Waals surface area contributed by atoms with Gasteiger partial charge in [0.2, 0.25) is 0 Å². The van der Waals surface area contributed by atoms with Crippen LogP contribution in [0.5, 0.6) is 0 Å². The Bertz CT molecular complexity index is 396. The Labute approximate surface area is 129 Å². The first-order valence-corrected chi connectivity index (χ1v) is 8.31. The Morgan fingerprint density at radius 3 is 2.38 bits per heavy atom. The summed E-state index contributed by atoms with van der Waals surface area (Å²) in [4.78, 5) is 2.50. The topological polar surface area (TPSA) is 24.5 Å². The molecule has 0 aromatic heterocycles. The molecule has 1 saturated heterocycles. The fourth-order valence-corrected chi connectivity index (χ4v) is 2.93. The fraction of sp³-hybridized carbons (Fsp3) is 0.667. The summed E-state index contributed by atoms with van der Waals surface area (Å²) < 4.78 is 5.44. The van der Waals surface area contributed by atoms with Gasteiger partial charge in [0.05, 0.1) is 13.2 Å². The molecule has 1 heterocycles. The molecule has 1 N–H and O–H groups in total. The molecule has 3 nitrogen and oxygen atoms in total. The monoisotopic (exact) mass is 290 g/mol. The van der Waals surface area contributed by atoms with E-state index >= 15 is 0 Å². The number of nitrogens with one attached hydrogen (secondary N) is 1. The second kappa shape index (κ2) is 8.52. The highest BCUT2D eigenvalue weighted by atomic mass is 16.5. The van der Waals surface area contributed by atoms with Crippen molar-refractivity contribution in [3.8, 4) is 0 Å². The Morgan fingerprint density at radius 2 is 1.81 bits per heavy atom. The lowest BCUT2D eigenvalue weighted by Gasteiger charge is -2.31. The largest absolute Gasteiger partial charge is 0.379 e. The smallest absolute Gasteiger partial charge is 0.0594 e. The van der Waals surface area contributed by atoms with E-state index in [0.29, 0.717) is 12.0 Å². The maximum atomic E-state index is 5.44. The van der Waals surface area contributed by atoms with E-state index in [2.05, 4.69) is 55.3 Å². The molecule has 1 fully saturated rings. The number of nitrogens with zero attached hydrogens (tertiary/aromatic N) is 1. The molecule has 1 unspecified atom stereocenters. The molecule has 1 atom stereocenters. The van der Waals surface area contributed by atoms with Crippen LogP contribution >= 0.6 is 0 Å². The first kappa shape index (κ1) is 16.5. The Kier molecular flexibility index (Phi) is 6.68. The maximum Gasteiger partial charge on any atom is 0.0594 e. The van der Waals surface area contributed by atoms with Crippen LogP contribution in [0.3, 0.4) is 0 Å². The third-order valence-electron chi connectivity index (χ3n) is 4.02. The standard InChI is InChI=1S/C18H30N2O/c1-4-19-18(14-20-9-11-21-12-10-20)17-7-5-16(6-8-17)13-15(2)3/h5-8,15,18-19H,4,9-14H2,1-3H3. The number of benzene rings is 1. The number of hydrogen-bond acceptors (Lipinski definition) is 3. The summed E-state index contributed by atoms with van der Waals surface area (Å²) in [5.41, 5.74) is 2.84. The molecular formula is C18H30N2O. The molecular weight excluding hydrogens is 260 g/mol. The predicted molar refractivity (Wildman–Crippen MR) is 88.7 cm³/mol. The van der Waals surface area contributed by atoms with E-state index in [4.69, 9.17) is 4.74 Å². The third kappa shape index (κ3) is 5.42. The van der Waals surface area contributed by atoms with Crippen LogP contribution in [0.15, 0.2) is 24.3 Å². The molecule has 1 aliphatic rings. The van der Waals surface area contributed by atoms with E-state index in [1.54, 1.807) is 0 Å². The molecule has 1 aromatic rings. The van der Waals surface area contributed by atoms with Crippen LogP contribution in [-0.2, 0) is 11.2 Å². The molecule has 1 aliphatic heterocycles. The minimum Gasteiger partial charge on any atom is -0.379 e. The number of rotatable bonds is 7. The summed E-state index contributed by atoms with van der Waals surface area (Å²) in [5.74, 6) is 0.716. The summed E-state index contributed by atoms with van der Waals surface area (Å²) in [7, 11) is 0. The number of likely N-dealkylation sites (N-methyl/N-ethyl adjacent to an activating group) is 1. The average molecular weight is 290 g/mol. The zero-order valence-corrected chi connectivity index (χ0v) is 13.8. The van der Waals surface area contributed by atoms with Gasteiger partial charge in [-0.05, 0) is 30.0 Å². The molecule has 2 rings (SSSR count). The molecule has 1 aromatic carbocycles. The molecule has 0 spiro atoms. The first-order valence-electron chi connectivity index (χ1n) is 8.31. The molecule has 21 heavy (non-hydrogen) atoms. The zero-order chi connectivity index (χ0) is 15.1.